The molecule has 8 heteroatoms. The van der Waals surface area contributed by atoms with Crippen molar-refractivity contribution in [2.24, 2.45) is 0 Å². The Morgan fingerprint density at radius 2 is 1.93 bits per heavy atom. The van der Waals surface area contributed by atoms with Gasteiger partial charge in [0, 0.05) is 62.9 Å². The Bertz CT molecular complexity index is 827. The first-order chi connectivity index (χ1) is 13.7. The summed E-state index contributed by atoms with van der Waals surface area (Å²) >= 11 is 0. The van der Waals surface area contributed by atoms with Crippen LogP contribution in [-0.4, -0.2) is 63.6 Å². The van der Waals surface area contributed by atoms with E-state index in [4.69, 9.17) is 0 Å². The van der Waals surface area contributed by atoms with Crippen molar-refractivity contribution in [3.05, 3.63) is 41.2 Å². The van der Waals surface area contributed by atoms with Gasteiger partial charge in [-0.15, -0.1) is 0 Å². The lowest BCUT2D eigenvalue weighted by molar-refractivity contribution is 0.201. The van der Waals surface area contributed by atoms with Crippen LogP contribution in [0.4, 0.5) is 10.7 Å². The molecule has 2 aliphatic rings. The van der Waals surface area contributed by atoms with E-state index in [1.807, 2.05) is 11.0 Å². The van der Waals surface area contributed by atoms with E-state index >= 15 is 0 Å². The van der Waals surface area contributed by atoms with Gasteiger partial charge >= 0.3 is 6.03 Å². The molecule has 1 fully saturated rings. The van der Waals surface area contributed by atoms with E-state index in [0.29, 0.717) is 19.5 Å². The van der Waals surface area contributed by atoms with Crippen molar-refractivity contribution in [1.82, 2.24) is 30.2 Å². The predicted octanol–water partition coefficient (Wildman–Crippen LogP) is 1.53. The molecule has 0 spiro atoms. The molecular weight excluding hydrogens is 354 g/mol. The molecule has 0 atom stereocenters. The molecule has 1 N–H and O–H groups in total. The fourth-order valence-electron chi connectivity index (χ4n) is 3.96. The molecular formula is C20H27N7O. The SMILES string of the molecule is Cc1nc(CCNC(=O)N2CCCN(c3ncccn3)CC2)nc2c1CCC2. The summed E-state index contributed by atoms with van der Waals surface area (Å²) < 4.78 is 0. The molecule has 28 heavy (non-hydrogen) atoms. The van der Waals surface area contributed by atoms with E-state index in [1.165, 1.54) is 17.7 Å². The molecule has 2 amide bonds. The van der Waals surface area contributed by atoms with E-state index in [0.717, 1.165) is 56.4 Å². The van der Waals surface area contributed by atoms with Crippen molar-refractivity contribution >= 4 is 12.0 Å². The van der Waals surface area contributed by atoms with Gasteiger partial charge in [-0.05, 0) is 44.2 Å². The Hall–Kier alpha value is -2.77. The number of anilines is 1. The van der Waals surface area contributed by atoms with Gasteiger partial charge in [-0.25, -0.2) is 24.7 Å². The number of aryl methyl sites for hydroxylation is 2. The third kappa shape index (κ3) is 4.21. The molecule has 148 valence electrons. The number of rotatable bonds is 4. The molecule has 1 saturated heterocycles. The molecule has 0 radical (unpaired) electrons. The van der Waals surface area contributed by atoms with Crippen LogP contribution in [0.15, 0.2) is 18.5 Å². The minimum Gasteiger partial charge on any atom is -0.339 e. The van der Waals surface area contributed by atoms with Crippen LogP contribution in [-0.2, 0) is 19.3 Å². The molecule has 0 bridgehead atoms. The lowest BCUT2D eigenvalue weighted by atomic mass is 10.2. The van der Waals surface area contributed by atoms with Gasteiger partial charge in [0.15, 0.2) is 0 Å². The van der Waals surface area contributed by atoms with Crippen LogP contribution in [0.2, 0.25) is 0 Å². The van der Waals surface area contributed by atoms with Crippen molar-refractivity contribution in [3.63, 3.8) is 0 Å². The number of fused-ring (bicyclic) bond motifs is 1. The number of aromatic nitrogens is 4. The first-order valence-electron chi connectivity index (χ1n) is 10.1. The first-order valence-corrected chi connectivity index (χ1v) is 10.1. The molecule has 3 heterocycles. The maximum atomic E-state index is 12.6. The summed E-state index contributed by atoms with van der Waals surface area (Å²) in [7, 11) is 0. The summed E-state index contributed by atoms with van der Waals surface area (Å²) in [6.07, 6.45) is 8.38. The van der Waals surface area contributed by atoms with Gasteiger partial charge in [0.05, 0.1) is 0 Å². The lowest BCUT2D eigenvalue weighted by Crippen LogP contribution is -2.42. The molecule has 0 aromatic carbocycles. The Balaban J connectivity index is 1.27. The molecule has 1 aliphatic heterocycles. The van der Waals surface area contributed by atoms with Gasteiger partial charge < -0.3 is 15.1 Å². The van der Waals surface area contributed by atoms with E-state index in [1.54, 1.807) is 12.4 Å². The van der Waals surface area contributed by atoms with Crippen LogP contribution in [0.25, 0.3) is 0 Å². The van der Waals surface area contributed by atoms with Crippen LogP contribution >= 0.6 is 0 Å². The van der Waals surface area contributed by atoms with Crippen molar-refractivity contribution < 1.29 is 4.79 Å². The Morgan fingerprint density at radius 1 is 1.07 bits per heavy atom. The smallest absolute Gasteiger partial charge is 0.317 e. The third-order valence-corrected chi connectivity index (χ3v) is 5.43. The number of amides is 2. The summed E-state index contributed by atoms with van der Waals surface area (Å²) in [6, 6.07) is 1.79. The number of nitrogens with one attached hydrogen (secondary N) is 1. The summed E-state index contributed by atoms with van der Waals surface area (Å²) in [4.78, 5) is 34.5. The summed E-state index contributed by atoms with van der Waals surface area (Å²) in [5.41, 5.74) is 3.62. The number of carbonyl (C=O) groups is 1. The average Bonchev–Trinajstić information content (AvgIpc) is 3.05. The zero-order valence-electron chi connectivity index (χ0n) is 16.4. The highest BCUT2D eigenvalue weighted by Gasteiger charge is 2.21. The second-order valence-electron chi connectivity index (χ2n) is 7.36. The van der Waals surface area contributed by atoms with E-state index in [9.17, 15) is 4.79 Å². The molecule has 0 saturated carbocycles. The molecule has 2 aromatic rings. The van der Waals surface area contributed by atoms with Crippen molar-refractivity contribution in [2.45, 2.75) is 39.0 Å². The van der Waals surface area contributed by atoms with Crippen LogP contribution in [0.1, 0.15) is 35.6 Å². The minimum absolute atomic E-state index is 0.0197. The van der Waals surface area contributed by atoms with E-state index in [2.05, 4.69) is 37.1 Å². The predicted molar refractivity (Wildman–Crippen MR) is 106 cm³/mol. The molecule has 8 nitrogen and oxygen atoms in total. The maximum absolute atomic E-state index is 12.6. The molecule has 4 rings (SSSR count). The zero-order valence-corrected chi connectivity index (χ0v) is 16.4. The summed E-state index contributed by atoms with van der Waals surface area (Å²) in [6.45, 7) is 5.62. The van der Waals surface area contributed by atoms with Crippen molar-refractivity contribution in [3.8, 4) is 0 Å². The Kier molecular flexibility index (Phi) is 5.64. The highest BCUT2D eigenvalue weighted by Crippen LogP contribution is 2.22. The van der Waals surface area contributed by atoms with Crippen LogP contribution in [0, 0.1) is 6.92 Å². The second kappa shape index (κ2) is 8.50. The largest absolute Gasteiger partial charge is 0.339 e. The second-order valence-corrected chi connectivity index (χ2v) is 7.36. The first kappa shape index (κ1) is 18.6. The summed E-state index contributed by atoms with van der Waals surface area (Å²) in [5.74, 6) is 1.57. The van der Waals surface area contributed by atoms with Gasteiger partial charge in [-0.2, -0.15) is 0 Å². The van der Waals surface area contributed by atoms with Gasteiger partial charge in [-0.1, -0.05) is 0 Å². The third-order valence-electron chi connectivity index (χ3n) is 5.43. The molecule has 1 aliphatic carbocycles. The Morgan fingerprint density at radius 3 is 2.79 bits per heavy atom. The monoisotopic (exact) mass is 381 g/mol. The lowest BCUT2D eigenvalue weighted by Gasteiger charge is -2.22. The maximum Gasteiger partial charge on any atom is 0.317 e. The Labute approximate surface area is 165 Å². The van der Waals surface area contributed by atoms with Crippen LogP contribution in [0.5, 0.6) is 0 Å². The van der Waals surface area contributed by atoms with E-state index in [-0.39, 0.29) is 6.03 Å². The van der Waals surface area contributed by atoms with Gasteiger partial charge in [-0.3, -0.25) is 0 Å². The van der Waals surface area contributed by atoms with Crippen LogP contribution in [0.3, 0.4) is 0 Å². The van der Waals surface area contributed by atoms with Gasteiger partial charge in [0.25, 0.3) is 0 Å². The fraction of sp³-hybridized carbons (Fsp3) is 0.550. The van der Waals surface area contributed by atoms with Gasteiger partial charge in [0.2, 0.25) is 5.95 Å². The zero-order chi connectivity index (χ0) is 19.3. The fourth-order valence-corrected chi connectivity index (χ4v) is 3.96. The highest BCUT2D eigenvalue weighted by molar-refractivity contribution is 5.74. The molecule has 2 aromatic heterocycles. The topological polar surface area (TPSA) is 87.1 Å². The summed E-state index contributed by atoms with van der Waals surface area (Å²) in [5, 5.41) is 3.03. The normalized spacial score (nSPS) is 16.6. The highest BCUT2D eigenvalue weighted by atomic mass is 16.2. The molecule has 0 unspecified atom stereocenters. The average molecular weight is 381 g/mol. The quantitative estimate of drug-likeness (QED) is 0.864. The number of nitrogens with zero attached hydrogens (tertiary/aromatic N) is 6. The standard InChI is InChI=1S/C20H27N7O/c1-15-16-5-2-6-17(16)25-18(24-15)7-10-23-20(28)27-12-4-11-26(13-14-27)19-21-8-3-9-22-19/h3,8-9H,2,4-7,10-14H2,1H3,(H,23,28). The van der Waals surface area contributed by atoms with Crippen LogP contribution < -0.4 is 10.2 Å². The number of hydrogen-bond donors (Lipinski definition) is 1. The van der Waals surface area contributed by atoms with E-state index < -0.39 is 0 Å². The minimum atomic E-state index is -0.0197. The number of hydrogen-bond acceptors (Lipinski definition) is 6. The van der Waals surface area contributed by atoms with Gasteiger partial charge in [0.1, 0.15) is 5.82 Å². The number of carbonyl (C=O) groups excluding carboxylic acids is 1. The number of urea groups is 1. The van der Waals surface area contributed by atoms with Crippen molar-refractivity contribution in [1.29, 1.82) is 0 Å². The van der Waals surface area contributed by atoms with Crippen molar-refractivity contribution in [2.75, 3.05) is 37.6 Å².